The molecule has 0 saturated carbocycles. The van der Waals surface area contributed by atoms with Gasteiger partial charge in [-0.2, -0.15) is 0 Å². The van der Waals surface area contributed by atoms with Crippen molar-refractivity contribution < 1.29 is 19.4 Å². The molecule has 0 aliphatic heterocycles. The van der Waals surface area contributed by atoms with E-state index in [0.717, 1.165) is 59.4 Å². The summed E-state index contributed by atoms with van der Waals surface area (Å²) in [5, 5.41) is 8.89. The molecule has 0 spiro atoms. The van der Waals surface area contributed by atoms with Crippen LogP contribution in [0.4, 0.5) is 0 Å². The van der Waals surface area contributed by atoms with Crippen LogP contribution in [0.3, 0.4) is 0 Å². The van der Waals surface area contributed by atoms with Crippen molar-refractivity contribution in [2.24, 2.45) is 0 Å². The first kappa shape index (κ1) is 25.4. The van der Waals surface area contributed by atoms with Crippen molar-refractivity contribution in [3.8, 4) is 11.5 Å². The number of carboxylic acid groups (broad SMARTS) is 1. The van der Waals surface area contributed by atoms with E-state index in [9.17, 15) is 4.79 Å². The van der Waals surface area contributed by atoms with E-state index in [0.29, 0.717) is 13.0 Å². The van der Waals surface area contributed by atoms with Crippen LogP contribution in [0.1, 0.15) is 61.8 Å². The summed E-state index contributed by atoms with van der Waals surface area (Å²) in [4.78, 5) is 10.8. The molecular formula is C30H36O4. The van der Waals surface area contributed by atoms with Gasteiger partial charge in [0.2, 0.25) is 0 Å². The number of ether oxygens (including phenoxy) is 2. The van der Waals surface area contributed by atoms with E-state index >= 15 is 0 Å². The molecule has 0 aromatic heterocycles. The topological polar surface area (TPSA) is 55.8 Å². The molecular weight excluding hydrogens is 424 g/mol. The van der Waals surface area contributed by atoms with Gasteiger partial charge in [0.1, 0.15) is 11.5 Å². The molecule has 1 aliphatic carbocycles. The SMILES string of the molecule is C=C(C1=CC=CCC1)c1cc(CC)ccc1O[C@H](C)CCOc1ccc(CCC(=O)O)c(C)c1. The van der Waals surface area contributed by atoms with Gasteiger partial charge in [-0.25, -0.2) is 0 Å². The Morgan fingerprint density at radius 3 is 2.71 bits per heavy atom. The quantitative estimate of drug-likeness (QED) is 0.367. The van der Waals surface area contributed by atoms with Gasteiger partial charge in [0.05, 0.1) is 12.7 Å². The Bertz CT molecular complexity index is 1080. The number of carboxylic acids is 1. The van der Waals surface area contributed by atoms with E-state index in [1.807, 2.05) is 25.1 Å². The van der Waals surface area contributed by atoms with Crippen LogP contribution in [0.15, 0.2) is 66.8 Å². The van der Waals surface area contributed by atoms with Gasteiger partial charge in [-0.1, -0.05) is 43.9 Å². The molecule has 0 radical (unpaired) electrons. The number of allylic oxidation sites excluding steroid dienone is 5. The van der Waals surface area contributed by atoms with Gasteiger partial charge in [-0.3, -0.25) is 4.79 Å². The Morgan fingerprint density at radius 1 is 1.21 bits per heavy atom. The molecule has 0 fully saturated rings. The van der Waals surface area contributed by atoms with Crippen molar-refractivity contribution in [1.82, 2.24) is 0 Å². The van der Waals surface area contributed by atoms with E-state index < -0.39 is 5.97 Å². The molecule has 0 saturated heterocycles. The normalized spacial score (nSPS) is 13.8. The van der Waals surface area contributed by atoms with E-state index in [2.05, 4.69) is 56.9 Å². The monoisotopic (exact) mass is 460 g/mol. The average molecular weight is 461 g/mol. The van der Waals surface area contributed by atoms with Gasteiger partial charge in [-0.15, -0.1) is 0 Å². The fourth-order valence-corrected chi connectivity index (χ4v) is 4.06. The zero-order valence-corrected chi connectivity index (χ0v) is 20.6. The Kier molecular flexibility index (Phi) is 9.15. The molecule has 3 rings (SSSR count). The van der Waals surface area contributed by atoms with Crippen LogP contribution in [0, 0.1) is 6.92 Å². The fraction of sp³-hybridized carbons (Fsp3) is 0.367. The van der Waals surface area contributed by atoms with Crippen molar-refractivity contribution in [1.29, 1.82) is 0 Å². The summed E-state index contributed by atoms with van der Waals surface area (Å²) in [6, 6.07) is 12.2. The summed E-state index contributed by atoms with van der Waals surface area (Å²) in [5.74, 6) is 0.878. The second-order valence-electron chi connectivity index (χ2n) is 8.87. The highest BCUT2D eigenvalue weighted by Gasteiger charge is 2.15. The minimum absolute atomic E-state index is 0.0183. The molecule has 2 aromatic rings. The minimum atomic E-state index is -0.780. The predicted molar refractivity (Wildman–Crippen MR) is 139 cm³/mol. The maximum atomic E-state index is 10.8. The van der Waals surface area contributed by atoms with Gasteiger partial charge in [0, 0.05) is 18.4 Å². The van der Waals surface area contributed by atoms with Crippen molar-refractivity contribution in [2.45, 2.75) is 65.4 Å². The van der Waals surface area contributed by atoms with Gasteiger partial charge in [-0.05, 0) is 91.6 Å². The molecule has 0 heterocycles. The minimum Gasteiger partial charge on any atom is -0.493 e. The first-order valence-electron chi connectivity index (χ1n) is 12.2. The highest BCUT2D eigenvalue weighted by atomic mass is 16.5. The largest absolute Gasteiger partial charge is 0.493 e. The summed E-state index contributed by atoms with van der Waals surface area (Å²) in [5.41, 5.74) is 6.73. The Hall–Kier alpha value is -3.27. The van der Waals surface area contributed by atoms with Crippen molar-refractivity contribution in [3.05, 3.63) is 89.0 Å². The van der Waals surface area contributed by atoms with E-state index in [-0.39, 0.29) is 12.5 Å². The molecule has 34 heavy (non-hydrogen) atoms. The van der Waals surface area contributed by atoms with Crippen LogP contribution in [0.5, 0.6) is 11.5 Å². The molecule has 0 bridgehead atoms. The molecule has 4 heteroatoms. The number of aryl methyl sites for hydroxylation is 3. The lowest BCUT2D eigenvalue weighted by atomic mass is 9.91. The van der Waals surface area contributed by atoms with Crippen molar-refractivity contribution in [3.63, 3.8) is 0 Å². The highest BCUT2D eigenvalue weighted by Crippen LogP contribution is 2.34. The molecule has 2 aromatic carbocycles. The number of benzene rings is 2. The lowest BCUT2D eigenvalue weighted by Crippen LogP contribution is -2.17. The zero-order chi connectivity index (χ0) is 24.5. The van der Waals surface area contributed by atoms with Gasteiger partial charge in [0.15, 0.2) is 0 Å². The third-order valence-corrected chi connectivity index (χ3v) is 6.22. The Morgan fingerprint density at radius 2 is 2.03 bits per heavy atom. The third kappa shape index (κ3) is 7.11. The standard InChI is InChI=1S/C30H36O4/c1-5-24-11-15-29(28(20-24)23(4)26-9-7-6-8-10-26)34-22(3)17-18-33-27-14-12-25(21(2)19-27)13-16-30(31)32/h6-7,9,11-12,14-15,19-20,22H,4-5,8,10,13,16-18H2,1-3H3,(H,31,32)/t22-/m1/s1. The summed E-state index contributed by atoms with van der Waals surface area (Å²) in [6.07, 6.45) is 10.9. The summed E-state index contributed by atoms with van der Waals surface area (Å²) >= 11 is 0. The lowest BCUT2D eigenvalue weighted by molar-refractivity contribution is -0.136. The molecule has 0 unspecified atom stereocenters. The fourth-order valence-electron chi connectivity index (χ4n) is 4.06. The molecule has 1 N–H and O–H groups in total. The third-order valence-electron chi connectivity index (χ3n) is 6.22. The predicted octanol–water partition coefficient (Wildman–Crippen LogP) is 7.10. The van der Waals surface area contributed by atoms with Crippen molar-refractivity contribution in [2.75, 3.05) is 6.61 Å². The van der Waals surface area contributed by atoms with Gasteiger partial charge >= 0.3 is 5.97 Å². The van der Waals surface area contributed by atoms with E-state index in [1.165, 1.54) is 11.1 Å². The summed E-state index contributed by atoms with van der Waals surface area (Å²) in [7, 11) is 0. The van der Waals surface area contributed by atoms with E-state index in [4.69, 9.17) is 14.6 Å². The summed E-state index contributed by atoms with van der Waals surface area (Å²) < 4.78 is 12.3. The maximum Gasteiger partial charge on any atom is 0.303 e. The summed E-state index contributed by atoms with van der Waals surface area (Å²) in [6.45, 7) is 11.1. The number of hydrogen-bond donors (Lipinski definition) is 1. The van der Waals surface area contributed by atoms with Gasteiger partial charge in [0.25, 0.3) is 0 Å². The Labute approximate surface area is 203 Å². The molecule has 0 amide bonds. The first-order valence-corrected chi connectivity index (χ1v) is 12.2. The maximum absolute atomic E-state index is 10.8. The molecule has 1 aliphatic rings. The molecule has 180 valence electrons. The molecule has 4 nitrogen and oxygen atoms in total. The van der Waals surface area contributed by atoms with Crippen LogP contribution in [-0.4, -0.2) is 23.8 Å². The number of rotatable bonds is 12. The van der Waals surface area contributed by atoms with Crippen LogP contribution >= 0.6 is 0 Å². The lowest BCUT2D eigenvalue weighted by Gasteiger charge is -2.21. The van der Waals surface area contributed by atoms with Crippen LogP contribution in [-0.2, 0) is 17.6 Å². The van der Waals surface area contributed by atoms with Crippen LogP contribution < -0.4 is 9.47 Å². The van der Waals surface area contributed by atoms with Crippen molar-refractivity contribution >= 4 is 11.5 Å². The van der Waals surface area contributed by atoms with Crippen LogP contribution in [0.2, 0.25) is 0 Å². The van der Waals surface area contributed by atoms with Gasteiger partial charge < -0.3 is 14.6 Å². The van der Waals surface area contributed by atoms with Crippen LogP contribution in [0.25, 0.3) is 5.57 Å². The second kappa shape index (κ2) is 12.3. The van der Waals surface area contributed by atoms with E-state index in [1.54, 1.807) is 0 Å². The number of hydrogen-bond acceptors (Lipinski definition) is 3. The molecule has 1 atom stereocenters. The first-order chi connectivity index (χ1) is 16.4. The zero-order valence-electron chi connectivity index (χ0n) is 20.6. The average Bonchev–Trinajstić information content (AvgIpc) is 2.83. The Balaban J connectivity index is 1.59. The second-order valence-corrected chi connectivity index (χ2v) is 8.87. The number of aliphatic carboxylic acids is 1. The highest BCUT2D eigenvalue weighted by molar-refractivity contribution is 5.81. The number of carbonyl (C=O) groups is 1. The smallest absolute Gasteiger partial charge is 0.303 e.